The van der Waals surface area contributed by atoms with Crippen LogP contribution in [-0.4, -0.2) is 32.4 Å². The summed E-state index contributed by atoms with van der Waals surface area (Å²) in [6.45, 7) is 5.49. The molecular formula is C13H19BrN2O3S. The zero-order chi connectivity index (χ0) is 15.2. The number of rotatable bonds is 8. The second kappa shape index (κ2) is 7.84. The highest BCUT2D eigenvalue weighted by atomic mass is 79.9. The van der Waals surface area contributed by atoms with Crippen LogP contribution in [0.15, 0.2) is 20.0 Å². The van der Waals surface area contributed by atoms with Crippen molar-refractivity contribution in [1.29, 1.82) is 0 Å². The van der Waals surface area contributed by atoms with Gasteiger partial charge in [-0.25, -0.2) is 8.42 Å². The van der Waals surface area contributed by atoms with E-state index in [2.05, 4.69) is 34.1 Å². The number of nitrogens with one attached hydrogen (secondary N) is 1. The van der Waals surface area contributed by atoms with Crippen molar-refractivity contribution in [3.63, 3.8) is 0 Å². The molecule has 7 heteroatoms. The van der Waals surface area contributed by atoms with Crippen LogP contribution in [0, 0.1) is 12.3 Å². The molecule has 5 nitrogen and oxygen atoms in total. The molecule has 0 spiro atoms. The van der Waals surface area contributed by atoms with Gasteiger partial charge in [-0.2, -0.15) is 4.31 Å². The monoisotopic (exact) mass is 362 g/mol. The zero-order valence-electron chi connectivity index (χ0n) is 11.6. The molecule has 1 aromatic rings. The average molecular weight is 363 g/mol. The Balaban J connectivity index is 2.98. The predicted molar refractivity (Wildman–Crippen MR) is 81.7 cm³/mol. The lowest BCUT2D eigenvalue weighted by Crippen LogP contribution is -2.31. The summed E-state index contributed by atoms with van der Waals surface area (Å²) in [5, 5.41) is 3.16. The fraction of sp³-hybridized carbons (Fsp3) is 0.538. The number of hydrogen-bond acceptors (Lipinski definition) is 4. The molecule has 0 saturated heterocycles. The van der Waals surface area contributed by atoms with Gasteiger partial charge in [0.05, 0.1) is 13.1 Å². The summed E-state index contributed by atoms with van der Waals surface area (Å²) in [5.41, 5.74) is 0. The molecule has 1 heterocycles. The van der Waals surface area contributed by atoms with Crippen LogP contribution in [0.5, 0.6) is 0 Å². The SMILES string of the molecule is C#CCN(CC)S(=O)(=O)c1cc(CNCCC)oc1Br. The van der Waals surface area contributed by atoms with Gasteiger partial charge in [0.2, 0.25) is 10.0 Å². The molecule has 0 amide bonds. The maximum Gasteiger partial charge on any atom is 0.248 e. The molecule has 112 valence electrons. The van der Waals surface area contributed by atoms with E-state index in [1.165, 1.54) is 10.4 Å². The van der Waals surface area contributed by atoms with Gasteiger partial charge < -0.3 is 9.73 Å². The van der Waals surface area contributed by atoms with Crippen LogP contribution < -0.4 is 5.32 Å². The summed E-state index contributed by atoms with van der Waals surface area (Å²) in [6, 6.07) is 1.53. The number of hydrogen-bond donors (Lipinski definition) is 1. The molecule has 1 rings (SSSR count). The van der Waals surface area contributed by atoms with E-state index >= 15 is 0 Å². The third-order valence-corrected chi connectivity index (χ3v) is 5.45. The van der Waals surface area contributed by atoms with Crippen LogP contribution in [0.4, 0.5) is 0 Å². The third kappa shape index (κ3) is 4.09. The van der Waals surface area contributed by atoms with Gasteiger partial charge in [0.1, 0.15) is 10.7 Å². The van der Waals surface area contributed by atoms with Gasteiger partial charge >= 0.3 is 0 Å². The molecule has 0 bridgehead atoms. The minimum Gasteiger partial charge on any atom is -0.452 e. The van der Waals surface area contributed by atoms with Gasteiger partial charge in [-0.3, -0.25) is 0 Å². The normalized spacial score (nSPS) is 11.8. The number of sulfonamides is 1. The van der Waals surface area contributed by atoms with Crippen LogP contribution in [-0.2, 0) is 16.6 Å². The molecule has 20 heavy (non-hydrogen) atoms. The van der Waals surface area contributed by atoms with E-state index in [1.807, 2.05) is 0 Å². The van der Waals surface area contributed by atoms with Crippen LogP contribution in [0.2, 0.25) is 0 Å². The Morgan fingerprint density at radius 3 is 2.75 bits per heavy atom. The van der Waals surface area contributed by atoms with Crippen molar-refractivity contribution in [2.24, 2.45) is 0 Å². The molecule has 0 aliphatic carbocycles. The number of halogens is 1. The highest BCUT2D eigenvalue weighted by Gasteiger charge is 2.28. The summed E-state index contributed by atoms with van der Waals surface area (Å²) in [4.78, 5) is 0.114. The van der Waals surface area contributed by atoms with Gasteiger partial charge in [0.15, 0.2) is 4.67 Å². The highest BCUT2D eigenvalue weighted by molar-refractivity contribution is 9.10. The Labute approximate surface area is 128 Å². The maximum atomic E-state index is 12.4. The lowest BCUT2D eigenvalue weighted by Gasteiger charge is -2.16. The molecule has 0 unspecified atom stereocenters. The van der Waals surface area contributed by atoms with E-state index in [9.17, 15) is 8.42 Å². The molecular weight excluding hydrogens is 344 g/mol. The Bertz CT molecular complexity index is 575. The zero-order valence-corrected chi connectivity index (χ0v) is 14.1. The van der Waals surface area contributed by atoms with Crippen LogP contribution in [0.1, 0.15) is 26.0 Å². The van der Waals surface area contributed by atoms with E-state index in [-0.39, 0.29) is 16.1 Å². The van der Waals surface area contributed by atoms with Gasteiger partial charge in [-0.05, 0) is 28.9 Å². The van der Waals surface area contributed by atoms with Crippen molar-refractivity contribution in [3.8, 4) is 12.3 Å². The van der Waals surface area contributed by atoms with E-state index in [4.69, 9.17) is 10.8 Å². The quantitative estimate of drug-likeness (QED) is 0.568. The van der Waals surface area contributed by atoms with Crippen LogP contribution >= 0.6 is 15.9 Å². The third-order valence-electron chi connectivity index (χ3n) is 2.67. The Hall–Kier alpha value is -0.810. The van der Waals surface area contributed by atoms with Crippen molar-refractivity contribution in [3.05, 3.63) is 16.5 Å². The molecule has 0 atom stereocenters. The van der Waals surface area contributed by atoms with Crippen molar-refractivity contribution in [2.75, 3.05) is 19.6 Å². The van der Waals surface area contributed by atoms with E-state index < -0.39 is 10.0 Å². The first kappa shape index (κ1) is 17.2. The fourth-order valence-electron chi connectivity index (χ4n) is 1.66. The van der Waals surface area contributed by atoms with Gasteiger partial charge in [-0.15, -0.1) is 6.42 Å². The van der Waals surface area contributed by atoms with Crippen LogP contribution in [0.25, 0.3) is 0 Å². The van der Waals surface area contributed by atoms with Gasteiger partial charge in [0, 0.05) is 12.6 Å². The van der Waals surface area contributed by atoms with Crippen molar-refractivity contribution in [1.82, 2.24) is 9.62 Å². The first-order chi connectivity index (χ1) is 9.47. The second-order valence-corrected chi connectivity index (χ2v) is 6.79. The molecule has 0 aliphatic heterocycles. The number of nitrogens with zero attached hydrogens (tertiary/aromatic N) is 1. The summed E-state index contributed by atoms with van der Waals surface area (Å²) >= 11 is 3.16. The standard InChI is InChI=1S/C13H19BrN2O3S/c1-4-7-15-10-11-9-12(13(14)19-11)20(17,18)16(6-3)8-5-2/h2,9,15H,4,6-8,10H2,1,3H3. The molecule has 0 aromatic carbocycles. The molecule has 1 N–H and O–H groups in total. The van der Waals surface area contributed by atoms with Gasteiger partial charge in [-0.1, -0.05) is 19.8 Å². The molecule has 0 saturated carbocycles. The maximum absolute atomic E-state index is 12.4. The molecule has 0 fully saturated rings. The number of terminal acetylenes is 1. The van der Waals surface area contributed by atoms with E-state index in [1.54, 1.807) is 6.92 Å². The Morgan fingerprint density at radius 2 is 2.20 bits per heavy atom. The lowest BCUT2D eigenvalue weighted by molar-refractivity contribution is 0.449. The summed E-state index contributed by atoms with van der Waals surface area (Å²) < 4.78 is 31.7. The highest BCUT2D eigenvalue weighted by Crippen LogP contribution is 2.28. The van der Waals surface area contributed by atoms with Crippen molar-refractivity contribution in [2.45, 2.75) is 31.7 Å². The first-order valence-electron chi connectivity index (χ1n) is 6.39. The topological polar surface area (TPSA) is 62.6 Å². The Morgan fingerprint density at radius 1 is 1.50 bits per heavy atom. The second-order valence-electron chi connectivity index (χ2n) is 4.16. The summed E-state index contributed by atoms with van der Waals surface area (Å²) in [5.74, 6) is 2.92. The van der Waals surface area contributed by atoms with E-state index in [0.29, 0.717) is 18.8 Å². The largest absolute Gasteiger partial charge is 0.452 e. The van der Waals surface area contributed by atoms with Gasteiger partial charge in [0.25, 0.3) is 0 Å². The minimum absolute atomic E-state index is 0.0415. The average Bonchev–Trinajstić information content (AvgIpc) is 2.78. The fourth-order valence-corrected chi connectivity index (χ4v) is 3.98. The summed E-state index contributed by atoms with van der Waals surface area (Å²) in [6.07, 6.45) is 6.20. The van der Waals surface area contributed by atoms with Crippen molar-refractivity contribution >= 4 is 26.0 Å². The van der Waals surface area contributed by atoms with Crippen LogP contribution in [0.3, 0.4) is 0 Å². The van der Waals surface area contributed by atoms with E-state index in [0.717, 1.165) is 13.0 Å². The molecule has 0 aliphatic rings. The smallest absolute Gasteiger partial charge is 0.248 e. The van der Waals surface area contributed by atoms with Crippen molar-refractivity contribution < 1.29 is 12.8 Å². The number of furan rings is 1. The predicted octanol–water partition coefficient (Wildman–Crippen LogP) is 2.19. The minimum atomic E-state index is -3.63. The molecule has 1 aromatic heterocycles. The first-order valence-corrected chi connectivity index (χ1v) is 8.63. The summed E-state index contributed by atoms with van der Waals surface area (Å²) in [7, 11) is -3.63. The molecule has 0 radical (unpaired) electrons. The lowest BCUT2D eigenvalue weighted by atomic mass is 10.4. The Kier molecular flexibility index (Phi) is 6.76.